The van der Waals surface area contributed by atoms with E-state index >= 15 is 0 Å². The van der Waals surface area contributed by atoms with E-state index in [4.69, 9.17) is 15.5 Å². The Kier molecular flexibility index (Phi) is 11.8. The van der Waals surface area contributed by atoms with Crippen LogP contribution in [0.3, 0.4) is 0 Å². The Morgan fingerprint density at radius 1 is 1.18 bits per heavy atom. The number of hydrogen-bond acceptors (Lipinski definition) is 6. The van der Waals surface area contributed by atoms with Gasteiger partial charge in [-0.25, -0.2) is 9.78 Å². The van der Waals surface area contributed by atoms with E-state index in [-0.39, 0.29) is 35.9 Å². The maximum atomic E-state index is 13.4. The number of methoxy groups -OCH3 is 1. The molecular formula is C35H45N7O3. The summed E-state index contributed by atoms with van der Waals surface area (Å²) in [7, 11) is 1.29. The molecule has 2 fully saturated rings. The number of aromatic amines is 1. The normalized spacial score (nSPS) is 20.4. The van der Waals surface area contributed by atoms with Gasteiger partial charge < -0.3 is 31.0 Å². The molecule has 5 N–H and O–H groups in total. The largest absolute Gasteiger partial charge is 0.453 e. The minimum Gasteiger partial charge on any atom is -0.453 e. The van der Waals surface area contributed by atoms with Gasteiger partial charge in [-0.3, -0.25) is 9.79 Å². The molecule has 2 aromatic rings. The number of likely N-dealkylation sites (tertiary alicyclic amines) is 1. The van der Waals surface area contributed by atoms with Crippen molar-refractivity contribution in [3.63, 3.8) is 0 Å². The van der Waals surface area contributed by atoms with Crippen LogP contribution in [0, 0.1) is 35.5 Å². The van der Waals surface area contributed by atoms with Gasteiger partial charge in [-0.05, 0) is 80.9 Å². The summed E-state index contributed by atoms with van der Waals surface area (Å²) in [5, 5.41) is 6.09. The van der Waals surface area contributed by atoms with Crippen molar-refractivity contribution in [1.82, 2.24) is 25.5 Å². The van der Waals surface area contributed by atoms with Crippen LogP contribution in [0.15, 0.2) is 47.6 Å². The van der Waals surface area contributed by atoms with Crippen LogP contribution in [-0.2, 0) is 9.53 Å². The smallest absolute Gasteiger partial charge is 0.407 e. The molecule has 0 spiro atoms. The zero-order valence-electron chi connectivity index (χ0n) is 26.9. The SMILES string of the molecule is C/C=C(/c1ccccc1)C(C#CC#Cc1cnc([C@@H]2CCCN2C(=O)[C@@H](NC(=O)OC)C(C)C)[nH]1)C(C)N=C(N)[C@@H]1CCCN1. The van der Waals surface area contributed by atoms with Gasteiger partial charge in [0.15, 0.2) is 0 Å². The van der Waals surface area contributed by atoms with E-state index in [9.17, 15) is 9.59 Å². The van der Waals surface area contributed by atoms with E-state index in [1.165, 1.54) is 7.11 Å². The number of alkyl carbamates (subject to hydrolysis) is 1. The highest BCUT2D eigenvalue weighted by atomic mass is 16.5. The molecule has 0 bridgehead atoms. The van der Waals surface area contributed by atoms with Crippen LogP contribution in [0.1, 0.15) is 76.5 Å². The molecule has 10 heteroatoms. The van der Waals surface area contributed by atoms with Gasteiger partial charge in [0.05, 0.1) is 37.4 Å². The van der Waals surface area contributed by atoms with Crippen LogP contribution in [0.4, 0.5) is 4.79 Å². The monoisotopic (exact) mass is 611 g/mol. The Bertz CT molecular complexity index is 1500. The first-order valence-corrected chi connectivity index (χ1v) is 15.7. The molecule has 3 heterocycles. The molecule has 1 aromatic carbocycles. The predicted molar refractivity (Wildman–Crippen MR) is 177 cm³/mol. The lowest BCUT2D eigenvalue weighted by Crippen LogP contribution is -2.51. The number of aromatic nitrogens is 2. The summed E-state index contributed by atoms with van der Waals surface area (Å²) in [4.78, 5) is 39.8. The number of carbonyl (C=O) groups is 2. The van der Waals surface area contributed by atoms with Crippen molar-refractivity contribution in [2.75, 3.05) is 20.2 Å². The van der Waals surface area contributed by atoms with Gasteiger partial charge in [0.2, 0.25) is 5.91 Å². The minimum absolute atomic E-state index is 0.104. The number of nitrogens with one attached hydrogen (secondary N) is 3. The number of nitrogens with two attached hydrogens (primary N) is 1. The number of benzene rings is 1. The minimum atomic E-state index is -0.690. The van der Waals surface area contributed by atoms with E-state index in [2.05, 4.69) is 62.5 Å². The van der Waals surface area contributed by atoms with Crippen molar-refractivity contribution >= 4 is 23.4 Å². The molecule has 10 nitrogen and oxygen atoms in total. The Hall–Kier alpha value is -4.54. The summed E-state index contributed by atoms with van der Waals surface area (Å²) < 4.78 is 4.73. The van der Waals surface area contributed by atoms with Gasteiger partial charge in [0.25, 0.3) is 0 Å². The van der Waals surface area contributed by atoms with Crippen LogP contribution in [0.25, 0.3) is 5.57 Å². The fraction of sp³-hybridized carbons (Fsp3) is 0.486. The van der Waals surface area contributed by atoms with E-state index in [0.717, 1.165) is 43.4 Å². The van der Waals surface area contributed by atoms with Crippen molar-refractivity contribution in [3.05, 3.63) is 59.7 Å². The molecule has 2 aliphatic heterocycles. The maximum absolute atomic E-state index is 13.4. The topological polar surface area (TPSA) is 138 Å². The molecule has 0 saturated carbocycles. The fourth-order valence-corrected chi connectivity index (χ4v) is 5.93. The van der Waals surface area contributed by atoms with Crippen LogP contribution in [0.5, 0.6) is 0 Å². The second-order valence-corrected chi connectivity index (χ2v) is 11.8. The Morgan fingerprint density at radius 2 is 1.96 bits per heavy atom. The van der Waals surface area contributed by atoms with Gasteiger partial charge in [-0.2, -0.15) is 0 Å². The highest BCUT2D eigenvalue weighted by Crippen LogP contribution is 2.31. The summed E-state index contributed by atoms with van der Waals surface area (Å²) in [5.74, 6) is 13.3. The molecule has 2 amide bonds. The first kappa shape index (κ1) is 33.4. The van der Waals surface area contributed by atoms with Crippen LogP contribution < -0.4 is 16.4 Å². The number of imidazole rings is 1. The van der Waals surface area contributed by atoms with Crippen molar-refractivity contribution in [1.29, 1.82) is 0 Å². The molecule has 45 heavy (non-hydrogen) atoms. The molecule has 2 aliphatic rings. The lowest BCUT2D eigenvalue weighted by Gasteiger charge is -2.29. The molecular weight excluding hydrogens is 566 g/mol. The summed E-state index contributed by atoms with van der Waals surface area (Å²) in [6, 6.07) is 9.18. The zero-order valence-corrected chi connectivity index (χ0v) is 26.9. The van der Waals surface area contributed by atoms with Crippen molar-refractivity contribution < 1.29 is 14.3 Å². The third-order valence-electron chi connectivity index (χ3n) is 8.33. The van der Waals surface area contributed by atoms with Crippen LogP contribution in [-0.4, -0.2) is 71.0 Å². The summed E-state index contributed by atoms with van der Waals surface area (Å²) in [5.41, 5.74) is 9.17. The van der Waals surface area contributed by atoms with E-state index in [1.54, 1.807) is 11.1 Å². The zero-order chi connectivity index (χ0) is 32.3. The van der Waals surface area contributed by atoms with Crippen molar-refractivity contribution in [2.45, 2.75) is 77.5 Å². The number of carbonyl (C=O) groups excluding carboxylic acids is 2. The third kappa shape index (κ3) is 8.55. The molecule has 0 aliphatic carbocycles. The molecule has 4 rings (SSSR count). The summed E-state index contributed by atoms with van der Waals surface area (Å²) in [6.45, 7) is 9.38. The number of amides is 2. The fourth-order valence-electron chi connectivity index (χ4n) is 5.93. The van der Waals surface area contributed by atoms with Gasteiger partial charge in [0, 0.05) is 6.54 Å². The van der Waals surface area contributed by atoms with Gasteiger partial charge in [-0.15, -0.1) is 0 Å². The van der Waals surface area contributed by atoms with Crippen molar-refractivity contribution in [2.24, 2.45) is 22.6 Å². The van der Waals surface area contributed by atoms with Crippen LogP contribution in [0.2, 0.25) is 0 Å². The number of hydrogen-bond donors (Lipinski definition) is 4. The Morgan fingerprint density at radius 3 is 2.62 bits per heavy atom. The van der Waals surface area contributed by atoms with Crippen LogP contribution >= 0.6 is 0 Å². The number of amidine groups is 1. The average Bonchev–Trinajstić information content (AvgIpc) is 3.83. The second-order valence-electron chi connectivity index (χ2n) is 11.8. The number of nitrogens with zero attached hydrogens (tertiary/aromatic N) is 3. The second kappa shape index (κ2) is 16.0. The highest BCUT2D eigenvalue weighted by molar-refractivity contribution is 5.87. The van der Waals surface area contributed by atoms with E-state index in [0.29, 0.717) is 23.9 Å². The van der Waals surface area contributed by atoms with Gasteiger partial charge >= 0.3 is 6.09 Å². The van der Waals surface area contributed by atoms with E-state index in [1.807, 2.05) is 45.9 Å². The molecule has 2 saturated heterocycles. The Balaban J connectivity index is 1.53. The van der Waals surface area contributed by atoms with Crippen molar-refractivity contribution in [3.8, 4) is 23.7 Å². The molecule has 0 radical (unpaired) electrons. The first-order chi connectivity index (χ1) is 21.7. The average molecular weight is 612 g/mol. The van der Waals surface area contributed by atoms with E-state index < -0.39 is 12.1 Å². The standard InChI is InChI=1S/C35H45N7O3/c1-6-27(25-14-8-7-9-15-25)28(24(4)39-32(36)29-18-12-20-37-29)17-11-10-16-26-22-38-33(40-26)30-19-13-21-42(30)34(43)31(23(2)3)41-35(44)45-5/h6-9,14-15,22-24,28-31,37H,12-13,18-21H2,1-5H3,(H2,36,39)(H,38,40)(H,41,44)/b27-6-/t24?,28?,29-,30-,31-/m0/s1. The molecule has 5 atom stereocenters. The molecule has 1 aromatic heterocycles. The predicted octanol–water partition coefficient (Wildman–Crippen LogP) is 4.03. The lowest BCUT2D eigenvalue weighted by molar-refractivity contribution is -0.135. The molecule has 238 valence electrons. The summed E-state index contributed by atoms with van der Waals surface area (Å²) in [6.07, 6.45) is 6.80. The quantitative estimate of drug-likeness (QED) is 0.192. The highest BCUT2D eigenvalue weighted by Gasteiger charge is 2.37. The summed E-state index contributed by atoms with van der Waals surface area (Å²) >= 11 is 0. The maximum Gasteiger partial charge on any atom is 0.407 e. The number of allylic oxidation sites excluding steroid dienone is 1. The number of H-pyrrole nitrogens is 1. The van der Waals surface area contributed by atoms with Gasteiger partial charge in [-0.1, -0.05) is 56.2 Å². The number of ether oxygens (including phenoxy) is 1. The third-order valence-corrected chi connectivity index (χ3v) is 8.33. The molecule has 2 unspecified atom stereocenters. The lowest BCUT2D eigenvalue weighted by atomic mass is 9.87. The number of rotatable bonds is 9. The van der Waals surface area contributed by atoms with Gasteiger partial charge in [0.1, 0.15) is 23.4 Å². The number of aliphatic imine (C=N–C) groups is 1. The Labute approximate surface area is 266 Å². The first-order valence-electron chi connectivity index (χ1n) is 15.7.